The van der Waals surface area contributed by atoms with Gasteiger partial charge in [0.05, 0.1) is 11.4 Å². The number of nitrogens with zero attached hydrogens (tertiary/aromatic N) is 5. The minimum Gasteiger partial charge on any atom is -0.480 e. The number of aliphatic carboxylic acids is 1. The Morgan fingerprint density at radius 3 is 2.43 bits per heavy atom. The lowest BCUT2D eigenvalue weighted by Crippen LogP contribution is -2.47. The largest absolute Gasteiger partial charge is 0.480 e. The fourth-order valence-corrected chi connectivity index (χ4v) is 3.65. The van der Waals surface area contributed by atoms with Gasteiger partial charge in [-0.25, -0.2) is 9.80 Å². The number of carboxylic acids is 1. The van der Waals surface area contributed by atoms with Gasteiger partial charge in [0.2, 0.25) is 5.91 Å². The van der Waals surface area contributed by atoms with Gasteiger partial charge >= 0.3 is 12.0 Å². The first-order valence-electron chi connectivity index (χ1n) is 9.72. The van der Waals surface area contributed by atoms with Crippen molar-refractivity contribution in [2.24, 2.45) is 5.10 Å². The van der Waals surface area contributed by atoms with Crippen molar-refractivity contribution in [2.75, 3.05) is 31.1 Å². The third-order valence-corrected chi connectivity index (χ3v) is 5.07. The molecule has 30 heavy (non-hydrogen) atoms. The number of carbonyl (C=O) groups excluding carboxylic acids is 2. The van der Waals surface area contributed by atoms with Gasteiger partial charge in [-0.15, -0.1) is 0 Å². The molecule has 1 aromatic heterocycles. The molecule has 0 saturated carbocycles. The van der Waals surface area contributed by atoms with E-state index >= 15 is 0 Å². The Balaban J connectivity index is 1.79. The number of amides is 3. The number of carboxylic acid groups (broad SMARTS) is 1. The van der Waals surface area contributed by atoms with Crippen LogP contribution in [0.15, 0.2) is 53.8 Å². The van der Waals surface area contributed by atoms with Crippen LogP contribution in [-0.4, -0.2) is 69.8 Å². The number of fused-ring (bicyclic) bond motifs is 1. The fraction of sp³-hybridized carbons (Fsp3) is 0.286. The number of anilines is 1. The summed E-state index contributed by atoms with van der Waals surface area (Å²) in [5.74, 6) is -1.38. The summed E-state index contributed by atoms with van der Waals surface area (Å²) in [6, 6.07) is 11.7. The molecular formula is C21H21N5O4. The number of para-hydroxylation sites is 1. The number of hydrogen-bond acceptors (Lipinski definition) is 5. The fourth-order valence-electron chi connectivity index (χ4n) is 3.65. The van der Waals surface area contributed by atoms with Crippen molar-refractivity contribution in [2.45, 2.75) is 12.8 Å². The van der Waals surface area contributed by atoms with E-state index in [0.29, 0.717) is 35.7 Å². The van der Waals surface area contributed by atoms with E-state index in [1.165, 1.54) is 4.90 Å². The molecule has 1 aromatic carbocycles. The minimum absolute atomic E-state index is 0.174. The second kappa shape index (κ2) is 8.32. The van der Waals surface area contributed by atoms with Gasteiger partial charge in [-0.1, -0.05) is 24.3 Å². The summed E-state index contributed by atoms with van der Waals surface area (Å²) < 4.78 is 0. The number of rotatable bonds is 5. The molecule has 2 aliphatic heterocycles. The molecule has 9 nitrogen and oxygen atoms in total. The Labute approximate surface area is 173 Å². The number of hydrazone groups is 1. The Kier molecular flexibility index (Phi) is 5.42. The maximum absolute atomic E-state index is 13.3. The van der Waals surface area contributed by atoms with Crippen LogP contribution in [0.25, 0.3) is 0 Å². The molecule has 0 bridgehead atoms. The number of likely N-dealkylation sites (tertiary alicyclic amines) is 1. The van der Waals surface area contributed by atoms with Crippen molar-refractivity contribution in [1.82, 2.24) is 14.9 Å². The van der Waals surface area contributed by atoms with E-state index in [1.807, 2.05) is 0 Å². The maximum Gasteiger partial charge on any atom is 0.345 e. The van der Waals surface area contributed by atoms with Gasteiger partial charge in [0, 0.05) is 24.8 Å². The van der Waals surface area contributed by atoms with Crippen LogP contribution in [0, 0.1) is 0 Å². The normalized spacial score (nSPS) is 16.2. The summed E-state index contributed by atoms with van der Waals surface area (Å²) in [6.45, 7) is 0.516. The van der Waals surface area contributed by atoms with Crippen molar-refractivity contribution in [3.63, 3.8) is 0 Å². The van der Waals surface area contributed by atoms with Crippen molar-refractivity contribution in [1.29, 1.82) is 0 Å². The highest BCUT2D eigenvalue weighted by Gasteiger charge is 2.34. The van der Waals surface area contributed by atoms with Crippen molar-refractivity contribution >= 4 is 29.3 Å². The molecule has 1 saturated heterocycles. The van der Waals surface area contributed by atoms with Crippen LogP contribution in [0.2, 0.25) is 0 Å². The molecule has 0 unspecified atom stereocenters. The van der Waals surface area contributed by atoms with Gasteiger partial charge in [0.15, 0.2) is 0 Å². The van der Waals surface area contributed by atoms with Crippen LogP contribution < -0.4 is 4.90 Å². The van der Waals surface area contributed by atoms with Gasteiger partial charge in [0.25, 0.3) is 0 Å². The summed E-state index contributed by atoms with van der Waals surface area (Å²) in [5, 5.41) is 14.5. The first-order chi connectivity index (χ1) is 14.5. The van der Waals surface area contributed by atoms with E-state index in [0.717, 1.165) is 17.9 Å². The Morgan fingerprint density at radius 2 is 1.73 bits per heavy atom. The number of benzene rings is 1. The highest BCUT2D eigenvalue weighted by atomic mass is 16.4. The molecule has 1 N–H and O–H groups in total. The summed E-state index contributed by atoms with van der Waals surface area (Å²) in [4.78, 5) is 44.8. The zero-order chi connectivity index (χ0) is 21.1. The smallest absolute Gasteiger partial charge is 0.345 e. The maximum atomic E-state index is 13.3. The average Bonchev–Trinajstić information content (AvgIpc) is 3.27. The van der Waals surface area contributed by atoms with E-state index in [2.05, 4.69) is 10.1 Å². The average molecular weight is 407 g/mol. The van der Waals surface area contributed by atoms with E-state index < -0.39 is 18.5 Å². The second-order valence-corrected chi connectivity index (χ2v) is 7.09. The van der Waals surface area contributed by atoms with Crippen molar-refractivity contribution in [3.05, 3.63) is 59.9 Å². The first-order valence-corrected chi connectivity index (χ1v) is 9.72. The lowest BCUT2D eigenvalue weighted by atomic mass is 10.0. The summed E-state index contributed by atoms with van der Waals surface area (Å²) in [6.07, 6.45) is 3.48. The van der Waals surface area contributed by atoms with E-state index in [9.17, 15) is 19.5 Å². The van der Waals surface area contributed by atoms with Gasteiger partial charge < -0.3 is 10.0 Å². The number of carbonyl (C=O) groups is 3. The van der Waals surface area contributed by atoms with Crippen LogP contribution in [0.4, 0.5) is 10.5 Å². The number of pyridine rings is 1. The predicted octanol–water partition coefficient (Wildman–Crippen LogP) is 1.78. The molecule has 2 aliphatic rings. The molecule has 4 rings (SSSR count). The van der Waals surface area contributed by atoms with Gasteiger partial charge in [-0.05, 0) is 31.0 Å². The molecule has 9 heteroatoms. The number of urea groups is 1. The quantitative estimate of drug-likeness (QED) is 0.813. The third-order valence-electron chi connectivity index (χ3n) is 5.07. The zero-order valence-corrected chi connectivity index (χ0v) is 16.3. The SMILES string of the molecule is O=C(O)CN1N=C(c2ccccn2)c2ccccc2N(CC(=O)N2CCCC2)C1=O. The van der Waals surface area contributed by atoms with E-state index in [4.69, 9.17) is 0 Å². The number of hydrogen-bond donors (Lipinski definition) is 1. The molecule has 0 radical (unpaired) electrons. The summed E-state index contributed by atoms with van der Waals surface area (Å²) in [5.41, 5.74) is 1.97. The lowest BCUT2D eigenvalue weighted by molar-refractivity contribution is -0.137. The molecular weight excluding hydrogens is 386 g/mol. The molecule has 3 heterocycles. The van der Waals surface area contributed by atoms with Gasteiger partial charge in [-0.3, -0.25) is 19.5 Å². The van der Waals surface area contributed by atoms with E-state index in [1.54, 1.807) is 53.6 Å². The molecule has 0 atom stereocenters. The van der Waals surface area contributed by atoms with Crippen molar-refractivity contribution in [3.8, 4) is 0 Å². The van der Waals surface area contributed by atoms with Crippen LogP contribution in [0.1, 0.15) is 24.1 Å². The zero-order valence-electron chi connectivity index (χ0n) is 16.3. The van der Waals surface area contributed by atoms with Crippen LogP contribution in [-0.2, 0) is 9.59 Å². The predicted molar refractivity (Wildman–Crippen MR) is 109 cm³/mol. The lowest BCUT2D eigenvalue weighted by Gasteiger charge is -2.27. The summed E-state index contributed by atoms with van der Waals surface area (Å²) >= 11 is 0. The standard InChI is InChI=1S/C21H21N5O4/c27-18(24-11-5-6-12-24)13-25-17-9-2-1-7-15(17)20(16-8-3-4-10-22-16)23-26(21(25)30)14-19(28)29/h1-4,7-10H,5-6,11-14H2,(H,28,29). The monoisotopic (exact) mass is 407 g/mol. The third kappa shape index (κ3) is 3.86. The topological polar surface area (TPSA) is 106 Å². The molecule has 3 amide bonds. The molecule has 154 valence electrons. The molecule has 0 spiro atoms. The molecule has 0 aliphatic carbocycles. The second-order valence-electron chi connectivity index (χ2n) is 7.09. The van der Waals surface area contributed by atoms with Gasteiger partial charge in [-0.2, -0.15) is 5.10 Å². The Hall–Kier alpha value is -3.75. The minimum atomic E-state index is -1.20. The summed E-state index contributed by atoms with van der Waals surface area (Å²) in [7, 11) is 0. The van der Waals surface area contributed by atoms with Gasteiger partial charge in [0.1, 0.15) is 18.8 Å². The van der Waals surface area contributed by atoms with E-state index in [-0.39, 0.29) is 12.5 Å². The van der Waals surface area contributed by atoms with Crippen molar-refractivity contribution < 1.29 is 19.5 Å². The van der Waals surface area contributed by atoms with Crippen LogP contribution in [0.5, 0.6) is 0 Å². The molecule has 1 fully saturated rings. The molecule has 2 aromatic rings. The first kappa shape index (κ1) is 19.6. The van der Waals surface area contributed by atoms with Crippen LogP contribution >= 0.6 is 0 Å². The Morgan fingerprint density at radius 1 is 1.00 bits per heavy atom. The Bertz CT molecular complexity index is 1000. The number of aromatic nitrogens is 1. The van der Waals surface area contributed by atoms with Crippen LogP contribution in [0.3, 0.4) is 0 Å². The highest BCUT2D eigenvalue weighted by Crippen LogP contribution is 2.28. The highest BCUT2D eigenvalue weighted by molar-refractivity contribution is 6.18.